The first-order valence-corrected chi connectivity index (χ1v) is 9.62. The van der Waals surface area contributed by atoms with Crippen LogP contribution in [-0.4, -0.2) is 49.9 Å². The fraction of sp³-hybridized carbons (Fsp3) is 0.333. The normalized spacial score (nSPS) is 10.7. The molecule has 0 aliphatic heterocycles. The van der Waals surface area contributed by atoms with E-state index < -0.39 is 5.97 Å². The van der Waals surface area contributed by atoms with Crippen LogP contribution in [0.15, 0.2) is 21.9 Å². The van der Waals surface area contributed by atoms with Gasteiger partial charge in [-0.15, -0.1) is 5.10 Å². The summed E-state index contributed by atoms with van der Waals surface area (Å²) in [6, 6.07) is 1.83. The summed E-state index contributed by atoms with van der Waals surface area (Å²) in [5, 5.41) is 7.74. The molecule has 0 atom stereocenters. The van der Waals surface area contributed by atoms with E-state index in [4.69, 9.17) is 9.15 Å². The zero-order valence-electron chi connectivity index (χ0n) is 14.3. The third kappa shape index (κ3) is 4.35. The highest BCUT2D eigenvalue weighted by molar-refractivity contribution is 7.98. The molecule has 0 fully saturated rings. The highest BCUT2D eigenvalue weighted by Crippen LogP contribution is 2.23. The van der Waals surface area contributed by atoms with E-state index in [-0.39, 0.29) is 6.61 Å². The Labute approximate surface area is 157 Å². The number of oxazole rings is 1. The maximum atomic E-state index is 12.3. The molecule has 3 heterocycles. The molecule has 0 spiro atoms. The second-order valence-corrected chi connectivity index (χ2v) is 6.67. The largest absolute Gasteiger partial charge is 0.460 e. The fourth-order valence-electron chi connectivity index (χ4n) is 2.08. The van der Waals surface area contributed by atoms with Crippen LogP contribution in [0.2, 0.25) is 0 Å². The van der Waals surface area contributed by atoms with Gasteiger partial charge in [0.1, 0.15) is 30.1 Å². The van der Waals surface area contributed by atoms with Gasteiger partial charge < -0.3 is 14.5 Å². The van der Waals surface area contributed by atoms with Crippen LogP contribution in [0, 0.1) is 13.8 Å². The predicted molar refractivity (Wildman–Crippen MR) is 97.5 cm³/mol. The van der Waals surface area contributed by atoms with Gasteiger partial charge in [0, 0.05) is 18.7 Å². The van der Waals surface area contributed by atoms with Crippen LogP contribution in [0.4, 0.5) is 5.82 Å². The number of anilines is 1. The molecule has 0 saturated carbocycles. The summed E-state index contributed by atoms with van der Waals surface area (Å²) in [6.07, 6.45) is 3.35. The first-order valence-electron chi connectivity index (χ1n) is 7.62. The van der Waals surface area contributed by atoms with Crippen molar-refractivity contribution in [3.63, 3.8) is 0 Å². The quantitative estimate of drug-likeness (QED) is 0.278. The number of esters is 1. The Morgan fingerprint density at radius 1 is 1.35 bits per heavy atom. The molecule has 3 aromatic heterocycles. The average molecular weight is 392 g/mol. The second kappa shape index (κ2) is 8.23. The van der Waals surface area contributed by atoms with Crippen LogP contribution in [0.5, 0.6) is 0 Å². The van der Waals surface area contributed by atoms with Crippen LogP contribution >= 0.6 is 23.3 Å². The number of aromatic nitrogens is 5. The third-order valence-corrected chi connectivity index (χ3v) is 4.45. The van der Waals surface area contributed by atoms with Gasteiger partial charge >= 0.3 is 5.97 Å². The lowest BCUT2D eigenvalue weighted by Crippen LogP contribution is -2.14. The van der Waals surface area contributed by atoms with Gasteiger partial charge in [-0.2, -0.15) is 0 Å². The maximum absolute atomic E-state index is 12.3. The number of nitrogens with one attached hydrogen (secondary N) is 1. The van der Waals surface area contributed by atoms with Crippen molar-refractivity contribution in [3.8, 4) is 11.4 Å². The number of thioether (sulfide) groups is 1. The van der Waals surface area contributed by atoms with E-state index in [1.54, 1.807) is 6.92 Å². The Morgan fingerprint density at radius 3 is 2.92 bits per heavy atom. The fourth-order valence-corrected chi connectivity index (χ4v) is 3.07. The topological polar surface area (TPSA) is 116 Å². The van der Waals surface area contributed by atoms with E-state index in [0.717, 1.165) is 17.2 Å². The van der Waals surface area contributed by atoms with E-state index in [1.807, 2.05) is 19.2 Å². The average Bonchev–Trinajstić information content (AvgIpc) is 3.26. The molecule has 0 radical (unpaired) electrons. The Hall–Kier alpha value is -2.53. The third-order valence-electron chi connectivity index (χ3n) is 3.19. The highest BCUT2D eigenvalue weighted by atomic mass is 32.2. The van der Waals surface area contributed by atoms with E-state index in [1.165, 1.54) is 18.0 Å². The van der Waals surface area contributed by atoms with Crippen molar-refractivity contribution in [2.45, 2.75) is 19.0 Å². The lowest BCUT2D eigenvalue weighted by atomic mass is 10.3. The molecular weight excluding hydrogens is 376 g/mol. The molecule has 11 heteroatoms. The Morgan fingerprint density at radius 2 is 2.19 bits per heavy atom. The van der Waals surface area contributed by atoms with Gasteiger partial charge in [0.15, 0.2) is 15.9 Å². The molecule has 0 amide bonds. The van der Waals surface area contributed by atoms with Crippen LogP contribution in [0.25, 0.3) is 11.4 Å². The molecule has 0 bridgehead atoms. The van der Waals surface area contributed by atoms with Gasteiger partial charge in [-0.05, 0) is 24.7 Å². The van der Waals surface area contributed by atoms with Crippen molar-refractivity contribution < 1.29 is 13.9 Å². The smallest absolute Gasteiger partial charge is 0.352 e. The minimum absolute atomic E-state index is 0.172. The minimum atomic E-state index is -0.499. The number of carbonyl (C=O) groups excluding carboxylic acids is 1. The maximum Gasteiger partial charge on any atom is 0.352 e. The van der Waals surface area contributed by atoms with E-state index in [9.17, 15) is 4.79 Å². The van der Waals surface area contributed by atoms with Gasteiger partial charge in [0.2, 0.25) is 0 Å². The van der Waals surface area contributed by atoms with Gasteiger partial charge in [-0.3, -0.25) is 0 Å². The highest BCUT2D eigenvalue weighted by Gasteiger charge is 2.21. The van der Waals surface area contributed by atoms with E-state index in [0.29, 0.717) is 39.7 Å². The zero-order chi connectivity index (χ0) is 18.5. The molecule has 9 nitrogen and oxygen atoms in total. The molecule has 1 N–H and O–H groups in total. The number of ether oxygens (including phenoxy) is 1. The van der Waals surface area contributed by atoms with Crippen LogP contribution in [0.3, 0.4) is 0 Å². The van der Waals surface area contributed by atoms with Gasteiger partial charge in [0.25, 0.3) is 0 Å². The molecule has 26 heavy (non-hydrogen) atoms. The lowest BCUT2D eigenvalue weighted by Gasteiger charge is -2.08. The molecule has 0 aliphatic rings. The molecule has 136 valence electrons. The summed E-state index contributed by atoms with van der Waals surface area (Å²) in [5.74, 6) is 0.679. The molecule has 0 unspecified atom stereocenters. The monoisotopic (exact) mass is 392 g/mol. The van der Waals surface area contributed by atoms with Crippen LogP contribution in [0.1, 0.15) is 21.3 Å². The van der Waals surface area contributed by atoms with E-state index in [2.05, 4.69) is 29.9 Å². The molecule has 3 rings (SSSR count). The summed E-state index contributed by atoms with van der Waals surface area (Å²) in [7, 11) is 0. The molecule has 0 saturated heterocycles. The molecule has 3 aromatic rings. The molecule has 0 aromatic carbocycles. The summed E-state index contributed by atoms with van der Waals surface area (Å²) in [6.45, 7) is 4.20. The summed E-state index contributed by atoms with van der Waals surface area (Å²) >= 11 is 2.43. The van der Waals surface area contributed by atoms with Crippen LogP contribution < -0.4 is 5.32 Å². The Kier molecular flexibility index (Phi) is 5.78. The number of aryl methyl sites for hydroxylation is 2. The lowest BCUT2D eigenvalue weighted by molar-refractivity contribution is 0.0527. The van der Waals surface area contributed by atoms with Crippen molar-refractivity contribution in [2.24, 2.45) is 0 Å². The van der Waals surface area contributed by atoms with E-state index >= 15 is 0 Å². The number of rotatable bonds is 7. The first-order chi connectivity index (χ1) is 12.6. The minimum Gasteiger partial charge on any atom is -0.460 e. The number of nitrogens with zero attached hydrogens (tertiary/aromatic N) is 5. The first kappa shape index (κ1) is 18.3. The van der Waals surface area contributed by atoms with Gasteiger partial charge in [-0.25, -0.2) is 19.7 Å². The number of hydrogen-bond donors (Lipinski definition) is 1. The predicted octanol–water partition coefficient (Wildman–Crippen LogP) is 2.59. The molecule has 0 aliphatic carbocycles. The van der Waals surface area contributed by atoms with Crippen molar-refractivity contribution >= 4 is 35.1 Å². The van der Waals surface area contributed by atoms with Gasteiger partial charge in [-0.1, -0.05) is 16.3 Å². The molecular formula is C15H16N6O3S2. The van der Waals surface area contributed by atoms with Crippen molar-refractivity contribution in [2.75, 3.05) is 24.7 Å². The second-order valence-electron chi connectivity index (χ2n) is 5.15. The van der Waals surface area contributed by atoms with Crippen LogP contribution in [-0.2, 0) is 4.74 Å². The number of hydrogen-bond acceptors (Lipinski definition) is 11. The number of carbonyl (C=O) groups is 1. The Bertz CT molecular complexity index is 910. The summed E-state index contributed by atoms with van der Waals surface area (Å²) < 4.78 is 14.2. The standard InChI is InChI=1S/C15H16N6O3S2/c1-8-6-11(19-15(17-8)25-3)16-4-5-23-14(22)13-12(20-21-26-13)10-7-24-9(2)18-10/h6-7H,4-5H2,1-3H3,(H,16,17,19). The zero-order valence-corrected chi connectivity index (χ0v) is 16.0. The van der Waals surface area contributed by atoms with Gasteiger partial charge in [0.05, 0.1) is 6.54 Å². The van der Waals surface area contributed by atoms with Crippen molar-refractivity contribution in [3.05, 3.63) is 28.8 Å². The SMILES string of the molecule is CSc1nc(C)cc(NCCOC(=O)c2snnc2-c2coc(C)n2)n1. The summed E-state index contributed by atoms with van der Waals surface area (Å²) in [4.78, 5) is 25.3. The summed E-state index contributed by atoms with van der Waals surface area (Å²) in [5.41, 5.74) is 1.69. The van der Waals surface area contributed by atoms with Crippen molar-refractivity contribution in [1.82, 2.24) is 24.5 Å². The van der Waals surface area contributed by atoms with Crippen molar-refractivity contribution in [1.29, 1.82) is 0 Å². The Balaban J connectivity index is 1.55.